The van der Waals surface area contributed by atoms with Gasteiger partial charge in [-0.15, -0.1) is 0 Å². The predicted octanol–water partition coefficient (Wildman–Crippen LogP) is 4.88. The summed E-state index contributed by atoms with van der Waals surface area (Å²) in [5, 5.41) is 2.90. The molecule has 0 bridgehead atoms. The minimum Gasteiger partial charge on any atom is -0.328 e. The number of imidazole rings is 1. The molecule has 1 aromatic heterocycles. The van der Waals surface area contributed by atoms with Crippen LogP contribution in [0.25, 0.3) is 11.0 Å². The molecule has 1 saturated heterocycles. The highest BCUT2D eigenvalue weighted by Gasteiger charge is 2.20. The number of rotatable bonds is 6. The second-order valence-electron chi connectivity index (χ2n) is 8.58. The number of carbonyl (C=O) groups is 1. The molecule has 1 aliphatic rings. The van der Waals surface area contributed by atoms with Gasteiger partial charge in [-0.1, -0.05) is 18.2 Å². The number of hydrogen-bond donors (Lipinski definition) is 1. The van der Waals surface area contributed by atoms with Crippen LogP contribution in [0.15, 0.2) is 42.5 Å². The molecule has 5 heteroatoms. The molecular formula is C25H32N4O. The van der Waals surface area contributed by atoms with Crippen molar-refractivity contribution in [3.8, 4) is 0 Å². The average Bonchev–Trinajstić information content (AvgIpc) is 3.03. The van der Waals surface area contributed by atoms with Crippen molar-refractivity contribution in [3.63, 3.8) is 0 Å². The molecule has 3 aromatic rings. The van der Waals surface area contributed by atoms with E-state index in [1.807, 2.05) is 12.1 Å². The van der Waals surface area contributed by atoms with Crippen molar-refractivity contribution < 1.29 is 4.79 Å². The molecule has 0 spiro atoms. The minimum atomic E-state index is -0.0157. The molecule has 0 aliphatic carbocycles. The van der Waals surface area contributed by atoms with Gasteiger partial charge in [-0.05, 0) is 94.1 Å². The van der Waals surface area contributed by atoms with Crippen molar-refractivity contribution in [1.82, 2.24) is 14.5 Å². The normalized spacial score (nSPS) is 15.6. The molecule has 1 fully saturated rings. The SMILES string of the molecule is CC(=O)Nc1cccc(C2CCN(CCCn3c(C)nc4ccc(C)cc43)CC2)c1. The molecule has 30 heavy (non-hydrogen) atoms. The topological polar surface area (TPSA) is 50.2 Å². The summed E-state index contributed by atoms with van der Waals surface area (Å²) in [5.74, 6) is 1.67. The van der Waals surface area contributed by atoms with Crippen molar-refractivity contribution in [1.29, 1.82) is 0 Å². The van der Waals surface area contributed by atoms with Gasteiger partial charge in [-0.3, -0.25) is 4.79 Å². The molecule has 2 aromatic carbocycles. The van der Waals surface area contributed by atoms with Gasteiger partial charge >= 0.3 is 0 Å². The third-order valence-electron chi connectivity index (χ3n) is 6.22. The number of carbonyl (C=O) groups excluding carboxylic acids is 1. The molecule has 0 unspecified atom stereocenters. The summed E-state index contributed by atoms with van der Waals surface area (Å²) < 4.78 is 2.36. The number of nitrogens with zero attached hydrogens (tertiary/aromatic N) is 3. The van der Waals surface area contributed by atoms with Crippen LogP contribution < -0.4 is 5.32 Å². The lowest BCUT2D eigenvalue weighted by atomic mass is 9.89. The van der Waals surface area contributed by atoms with Gasteiger partial charge in [0.1, 0.15) is 5.82 Å². The Kier molecular flexibility index (Phi) is 6.18. The fraction of sp³-hybridized carbons (Fsp3) is 0.440. The monoisotopic (exact) mass is 404 g/mol. The first-order chi connectivity index (χ1) is 14.5. The van der Waals surface area contributed by atoms with E-state index in [9.17, 15) is 4.79 Å². The van der Waals surface area contributed by atoms with Crippen LogP contribution in [-0.2, 0) is 11.3 Å². The molecule has 0 atom stereocenters. The van der Waals surface area contributed by atoms with Crippen LogP contribution >= 0.6 is 0 Å². The number of anilines is 1. The van der Waals surface area contributed by atoms with Crippen LogP contribution in [0.3, 0.4) is 0 Å². The Hall–Kier alpha value is -2.66. The molecule has 2 heterocycles. The number of fused-ring (bicyclic) bond motifs is 1. The first-order valence-electron chi connectivity index (χ1n) is 11.0. The van der Waals surface area contributed by atoms with Crippen molar-refractivity contribution in [2.24, 2.45) is 0 Å². The number of piperidine rings is 1. The van der Waals surface area contributed by atoms with Crippen LogP contribution in [0.4, 0.5) is 5.69 Å². The first-order valence-corrected chi connectivity index (χ1v) is 11.0. The van der Waals surface area contributed by atoms with E-state index in [2.05, 4.69) is 59.0 Å². The van der Waals surface area contributed by atoms with Gasteiger partial charge in [0.05, 0.1) is 11.0 Å². The fourth-order valence-corrected chi connectivity index (χ4v) is 4.65. The molecule has 158 valence electrons. The number of hydrogen-bond acceptors (Lipinski definition) is 3. The highest BCUT2D eigenvalue weighted by Crippen LogP contribution is 2.29. The Morgan fingerprint density at radius 3 is 2.67 bits per heavy atom. The Morgan fingerprint density at radius 1 is 1.10 bits per heavy atom. The average molecular weight is 405 g/mol. The van der Waals surface area contributed by atoms with Crippen molar-refractivity contribution in [2.75, 3.05) is 25.0 Å². The standard InChI is InChI=1S/C25H32N4O/c1-18-8-9-24-25(16-18)29(19(2)26-24)13-5-12-28-14-10-21(11-15-28)22-6-4-7-23(17-22)27-20(3)30/h4,6-9,16-17,21H,5,10-15H2,1-3H3,(H,27,30). The van der Waals surface area contributed by atoms with Gasteiger partial charge in [0.15, 0.2) is 0 Å². The van der Waals surface area contributed by atoms with Crippen LogP contribution in [0.1, 0.15) is 49.1 Å². The Morgan fingerprint density at radius 2 is 1.90 bits per heavy atom. The molecule has 1 aliphatic heterocycles. The Labute approximate surface area is 179 Å². The zero-order chi connectivity index (χ0) is 21.1. The van der Waals surface area contributed by atoms with Gasteiger partial charge in [0.2, 0.25) is 5.91 Å². The van der Waals surface area contributed by atoms with Crippen LogP contribution in [-0.4, -0.2) is 40.0 Å². The van der Waals surface area contributed by atoms with E-state index in [0.29, 0.717) is 5.92 Å². The number of aryl methyl sites for hydroxylation is 3. The summed E-state index contributed by atoms with van der Waals surface area (Å²) in [4.78, 5) is 18.6. The summed E-state index contributed by atoms with van der Waals surface area (Å²) in [5.41, 5.74) is 5.89. The number of aromatic nitrogens is 2. The van der Waals surface area contributed by atoms with Gasteiger partial charge < -0.3 is 14.8 Å². The number of likely N-dealkylation sites (tertiary alicyclic amines) is 1. The summed E-state index contributed by atoms with van der Waals surface area (Å²) >= 11 is 0. The molecule has 4 rings (SSSR count). The third-order valence-corrected chi connectivity index (χ3v) is 6.22. The van der Waals surface area contributed by atoms with Crippen LogP contribution in [0.2, 0.25) is 0 Å². The first kappa shape index (κ1) is 20.6. The quantitative estimate of drug-likeness (QED) is 0.637. The van der Waals surface area contributed by atoms with Gasteiger partial charge in [0.25, 0.3) is 0 Å². The van der Waals surface area contributed by atoms with Crippen molar-refractivity contribution in [3.05, 3.63) is 59.4 Å². The Bertz CT molecular complexity index is 1030. The maximum atomic E-state index is 11.3. The number of benzene rings is 2. The largest absolute Gasteiger partial charge is 0.328 e. The predicted molar refractivity (Wildman–Crippen MR) is 123 cm³/mol. The molecule has 0 radical (unpaired) electrons. The fourth-order valence-electron chi connectivity index (χ4n) is 4.65. The smallest absolute Gasteiger partial charge is 0.221 e. The summed E-state index contributed by atoms with van der Waals surface area (Å²) in [6, 6.07) is 14.8. The number of amides is 1. The number of nitrogens with one attached hydrogen (secondary N) is 1. The minimum absolute atomic E-state index is 0.0157. The second-order valence-corrected chi connectivity index (χ2v) is 8.58. The van der Waals surface area contributed by atoms with E-state index in [0.717, 1.165) is 49.6 Å². The zero-order valence-electron chi connectivity index (χ0n) is 18.3. The van der Waals surface area contributed by atoms with Gasteiger partial charge in [0, 0.05) is 19.2 Å². The summed E-state index contributed by atoms with van der Waals surface area (Å²) in [7, 11) is 0. The third kappa shape index (κ3) is 4.73. The van der Waals surface area contributed by atoms with E-state index < -0.39 is 0 Å². The summed E-state index contributed by atoms with van der Waals surface area (Å²) in [6.07, 6.45) is 3.49. The van der Waals surface area contributed by atoms with E-state index in [-0.39, 0.29) is 5.91 Å². The van der Waals surface area contributed by atoms with Crippen LogP contribution in [0, 0.1) is 13.8 Å². The molecule has 5 nitrogen and oxygen atoms in total. The lowest BCUT2D eigenvalue weighted by Gasteiger charge is -2.32. The second kappa shape index (κ2) is 9.00. The maximum Gasteiger partial charge on any atom is 0.221 e. The highest BCUT2D eigenvalue weighted by molar-refractivity contribution is 5.88. The zero-order valence-corrected chi connectivity index (χ0v) is 18.3. The van der Waals surface area contributed by atoms with Crippen LogP contribution in [0.5, 0.6) is 0 Å². The van der Waals surface area contributed by atoms with Gasteiger partial charge in [-0.2, -0.15) is 0 Å². The van der Waals surface area contributed by atoms with Crippen molar-refractivity contribution in [2.45, 2.75) is 52.5 Å². The molecule has 1 N–H and O–H groups in total. The van der Waals surface area contributed by atoms with Crippen molar-refractivity contribution >= 4 is 22.6 Å². The van der Waals surface area contributed by atoms with E-state index in [4.69, 9.17) is 4.98 Å². The molecule has 1 amide bonds. The lowest BCUT2D eigenvalue weighted by Crippen LogP contribution is -2.34. The highest BCUT2D eigenvalue weighted by atomic mass is 16.1. The maximum absolute atomic E-state index is 11.3. The van der Waals surface area contributed by atoms with E-state index >= 15 is 0 Å². The summed E-state index contributed by atoms with van der Waals surface area (Å²) in [6.45, 7) is 10.2. The van der Waals surface area contributed by atoms with Gasteiger partial charge in [-0.25, -0.2) is 4.98 Å². The molecular weight excluding hydrogens is 372 g/mol. The Balaban J connectivity index is 1.29. The molecule has 0 saturated carbocycles. The lowest BCUT2D eigenvalue weighted by molar-refractivity contribution is -0.114. The van der Waals surface area contributed by atoms with E-state index in [1.165, 1.54) is 29.5 Å². The van der Waals surface area contributed by atoms with E-state index in [1.54, 1.807) is 6.92 Å².